The first kappa shape index (κ1) is 16.4. The van der Waals surface area contributed by atoms with Crippen molar-refractivity contribution in [1.82, 2.24) is 4.31 Å². The summed E-state index contributed by atoms with van der Waals surface area (Å²) < 4.78 is 39.7. The molecule has 0 amide bonds. The molecular formula is C13H19ClFNO2S. The Balaban J connectivity index is 3.30. The second-order valence-corrected chi connectivity index (χ2v) is 6.61. The van der Waals surface area contributed by atoms with E-state index in [1.807, 2.05) is 13.8 Å². The van der Waals surface area contributed by atoms with E-state index in [1.165, 1.54) is 23.5 Å². The van der Waals surface area contributed by atoms with Gasteiger partial charge in [0.1, 0.15) is 5.82 Å². The quantitative estimate of drug-likeness (QED) is 0.756. The minimum atomic E-state index is -3.72. The van der Waals surface area contributed by atoms with Gasteiger partial charge in [-0.25, -0.2) is 12.8 Å². The fourth-order valence-electron chi connectivity index (χ4n) is 2.03. The second-order valence-electron chi connectivity index (χ2n) is 4.38. The molecule has 0 N–H and O–H groups in total. The van der Waals surface area contributed by atoms with E-state index in [1.54, 1.807) is 0 Å². The van der Waals surface area contributed by atoms with Gasteiger partial charge in [0.05, 0.1) is 4.90 Å². The van der Waals surface area contributed by atoms with Crippen molar-refractivity contribution in [3.05, 3.63) is 29.6 Å². The van der Waals surface area contributed by atoms with Gasteiger partial charge in [0.25, 0.3) is 0 Å². The maximum Gasteiger partial charge on any atom is 0.243 e. The van der Waals surface area contributed by atoms with Crippen LogP contribution in [0.4, 0.5) is 4.39 Å². The molecule has 0 fully saturated rings. The Morgan fingerprint density at radius 2 is 1.89 bits per heavy atom. The van der Waals surface area contributed by atoms with Crippen molar-refractivity contribution < 1.29 is 12.8 Å². The summed E-state index contributed by atoms with van der Waals surface area (Å²) in [6.45, 7) is 3.85. The van der Waals surface area contributed by atoms with Crippen LogP contribution in [-0.2, 0) is 15.9 Å². The topological polar surface area (TPSA) is 37.4 Å². The van der Waals surface area contributed by atoms with Crippen LogP contribution in [0.2, 0.25) is 0 Å². The number of hydrogen-bond donors (Lipinski definition) is 0. The van der Waals surface area contributed by atoms with Gasteiger partial charge in [-0.1, -0.05) is 19.9 Å². The molecule has 0 radical (unpaired) electrons. The van der Waals surface area contributed by atoms with E-state index in [-0.39, 0.29) is 16.8 Å². The molecule has 108 valence electrons. The van der Waals surface area contributed by atoms with Gasteiger partial charge in [-0.15, -0.1) is 11.6 Å². The molecule has 0 atom stereocenters. The summed E-state index contributed by atoms with van der Waals surface area (Å²) in [6.07, 6.45) is 1.41. The lowest BCUT2D eigenvalue weighted by molar-refractivity contribution is 0.349. The highest BCUT2D eigenvalue weighted by molar-refractivity contribution is 7.89. The fraction of sp³-hybridized carbons (Fsp3) is 0.538. The van der Waals surface area contributed by atoms with Crippen molar-refractivity contribution in [2.75, 3.05) is 7.05 Å². The van der Waals surface area contributed by atoms with Crippen molar-refractivity contribution in [1.29, 1.82) is 0 Å². The Morgan fingerprint density at radius 3 is 2.37 bits per heavy atom. The van der Waals surface area contributed by atoms with Gasteiger partial charge in [-0.2, -0.15) is 4.31 Å². The normalized spacial score (nSPS) is 12.4. The molecule has 0 aliphatic heterocycles. The van der Waals surface area contributed by atoms with Crippen LogP contribution < -0.4 is 0 Å². The smallest absolute Gasteiger partial charge is 0.207 e. The Kier molecular flexibility index (Phi) is 5.77. The Hall–Kier alpha value is -0.650. The van der Waals surface area contributed by atoms with E-state index < -0.39 is 15.8 Å². The standard InChI is InChI=1S/C13H19ClFNO2S/c1-4-12(5-2)16(3)19(17,18)13-8-11(15)7-6-10(13)9-14/h6-8,12H,4-5,9H2,1-3H3. The molecule has 0 aliphatic carbocycles. The Bertz CT molecular complexity index is 529. The van der Waals surface area contributed by atoms with Crippen LogP contribution in [0.3, 0.4) is 0 Å². The Morgan fingerprint density at radius 1 is 1.32 bits per heavy atom. The van der Waals surface area contributed by atoms with Crippen LogP contribution in [0.25, 0.3) is 0 Å². The van der Waals surface area contributed by atoms with Crippen molar-refractivity contribution in [3.8, 4) is 0 Å². The highest BCUT2D eigenvalue weighted by Crippen LogP contribution is 2.24. The predicted octanol–water partition coefficient (Wildman–Crippen LogP) is 3.37. The van der Waals surface area contributed by atoms with Crippen molar-refractivity contribution in [2.24, 2.45) is 0 Å². The highest BCUT2D eigenvalue weighted by Gasteiger charge is 2.28. The summed E-state index contributed by atoms with van der Waals surface area (Å²) in [5, 5.41) is 0. The molecule has 0 spiro atoms. The van der Waals surface area contributed by atoms with Crippen molar-refractivity contribution >= 4 is 21.6 Å². The van der Waals surface area contributed by atoms with Crippen molar-refractivity contribution in [2.45, 2.75) is 43.5 Å². The predicted molar refractivity (Wildman–Crippen MR) is 75.3 cm³/mol. The van der Waals surface area contributed by atoms with Crippen LogP contribution in [0.5, 0.6) is 0 Å². The van der Waals surface area contributed by atoms with Gasteiger partial charge in [0.15, 0.2) is 0 Å². The summed E-state index contributed by atoms with van der Waals surface area (Å²) in [5.41, 5.74) is 0.417. The molecule has 1 aromatic carbocycles. The van der Waals surface area contributed by atoms with Gasteiger partial charge in [0, 0.05) is 19.0 Å². The maximum atomic E-state index is 13.3. The third-order valence-corrected chi connectivity index (χ3v) is 5.57. The summed E-state index contributed by atoms with van der Waals surface area (Å²) >= 11 is 5.74. The fourth-order valence-corrected chi connectivity index (χ4v) is 4.08. The van der Waals surface area contributed by atoms with Gasteiger partial charge < -0.3 is 0 Å². The SMILES string of the molecule is CCC(CC)N(C)S(=O)(=O)c1cc(F)ccc1CCl. The van der Waals surface area contributed by atoms with Gasteiger partial charge in [-0.3, -0.25) is 0 Å². The number of rotatable bonds is 6. The molecular weight excluding hydrogens is 289 g/mol. The van der Waals surface area contributed by atoms with E-state index >= 15 is 0 Å². The molecule has 0 unspecified atom stereocenters. The molecule has 0 bridgehead atoms. The first-order valence-corrected chi connectivity index (χ1v) is 8.18. The van der Waals surface area contributed by atoms with Crippen LogP contribution in [0.1, 0.15) is 32.3 Å². The first-order chi connectivity index (χ1) is 8.88. The number of nitrogens with zero attached hydrogens (tertiary/aromatic N) is 1. The monoisotopic (exact) mass is 307 g/mol. The number of alkyl halides is 1. The average molecular weight is 308 g/mol. The zero-order chi connectivity index (χ0) is 14.6. The van der Waals surface area contributed by atoms with Crippen LogP contribution in [0.15, 0.2) is 23.1 Å². The first-order valence-electron chi connectivity index (χ1n) is 6.20. The number of sulfonamides is 1. The molecule has 1 rings (SSSR count). The minimum absolute atomic E-state index is 0.0333. The highest BCUT2D eigenvalue weighted by atomic mass is 35.5. The summed E-state index contributed by atoms with van der Waals surface area (Å²) in [4.78, 5) is -0.0445. The number of benzene rings is 1. The zero-order valence-corrected chi connectivity index (χ0v) is 12.9. The lowest BCUT2D eigenvalue weighted by Gasteiger charge is -2.26. The number of hydrogen-bond acceptors (Lipinski definition) is 2. The van der Waals surface area contributed by atoms with Crippen LogP contribution >= 0.6 is 11.6 Å². The van der Waals surface area contributed by atoms with E-state index in [4.69, 9.17) is 11.6 Å². The molecule has 0 aromatic heterocycles. The molecule has 1 aromatic rings. The average Bonchev–Trinajstić information content (AvgIpc) is 2.39. The Labute approximate surface area is 119 Å². The summed E-state index contributed by atoms with van der Waals surface area (Å²) in [7, 11) is -2.20. The van der Waals surface area contributed by atoms with Gasteiger partial charge in [0.2, 0.25) is 10.0 Å². The molecule has 3 nitrogen and oxygen atoms in total. The van der Waals surface area contributed by atoms with Crippen molar-refractivity contribution in [3.63, 3.8) is 0 Å². The molecule has 0 saturated carbocycles. The minimum Gasteiger partial charge on any atom is -0.207 e. The second kappa shape index (κ2) is 6.68. The van der Waals surface area contributed by atoms with E-state index in [2.05, 4.69) is 0 Å². The zero-order valence-electron chi connectivity index (χ0n) is 11.4. The van der Waals surface area contributed by atoms with E-state index in [0.29, 0.717) is 18.4 Å². The molecule has 0 saturated heterocycles. The molecule has 0 heterocycles. The van der Waals surface area contributed by atoms with Gasteiger partial charge >= 0.3 is 0 Å². The van der Waals surface area contributed by atoms with Crippen LogP contribution in [0, 0.1) is 5.82 Å². The lowest BCUT2D eigenvalue weighted by atomic mass is 10.2. The number of halogens is 2. The molecule has 6 heteroatoms. The van der Waals surface area contributed by atoms with Gasteiger partial charge in [-0.05, 0) is 30.5 Å². The van der Waals surface area contributed by atoms with E-state index in [0.717, 1.165) is 6.07 Å². The summed E-state index contributed by atoms with van der Waals surface area (Å²) in [6, 6.07) is 3.56. The lowest BCUT2D eigenvalue weighted by Crippen LogP contribution is -2.36. The van der Waals surface area contributed by atoms with E-state index in [9.17, 15) is 12.8 Å². The molecule has 0 aliphatic rings. The third-order valence-electron chi connectivity index (χ3n) is 3.29. The van der Waals surface area contributed by atoms with Crippen LogP contribution in [-0.4, -0.2) is 25.8 Å². The largest absolute Gasteiger partial charge is 0.243 e. The third kappa shape index (κ3) is 3.46. The summed E-state index contributed by atoms with van der Waals surface area (Å²) in [5.74, 6) is -0.545. The maximum absolute atomic E-state index is 13.3. The molecule has 19 heavy (non-hydrogen) atoms.